The second-order valence-corrected chi connectivity index (χ2v) is 6.64. The molecule has 2 rings (SSSR count). The van der Waals surface area contributed by atoms with E-state index in [0.717, 1.165) is 11.3 Å². The maximum Gasteiger partial charge on any atom is 0.347 e. The van der Waals surface area contributed by atoms with E-state index in [2.05, 4.69) is 10.3 Å². The van der Waals surface area contributed by atoms with Crippen molar-refractivity contribution in [3.63, 3.8) is 0 Å². The van der Waals surface area contributed by atoms with Gasteiger partial charge in [-0.2, -0.15) is 0 Å². The Morgan fingerprint density at radius 1 is 1.43 bits per heavy atom. The van der Waals surface area contributed by atoms with Gasteiger partial charge in [0.25, 0.3) is 0 Å². The zero-order chi connectivity index (χ0) is 15.4. The van der Waals surface area contributed by atoms with E-state index >= 15 is 0 Å². The predicted octanol–water partition coefficient (Wildman–Crippen LogP) is 3.53. The maximum atomic E-state index is 11.8. The highest BCUT2D eigenvalue weighted by atomic mass is 35.5. The van der Waals surface area contributed by atoms with Crippen LogP contribution < -0.4 is 5.32 Å². The number of carboxylic acid groups (broad SMARTS) is 1. The summed E-state index contributed by atoms with van der Waals surface area (Å²) in [6, 6.07) is 6.95. The van der Waals surface area contributed by atoms with Crippen LogP contribution in [0, 0.1) is 6.92 Å². The van der Waals surface area contributed by atoms with Gasteiger partial charge in [0.05, 0.1) is 22.2 Å². The van der Waals surface area contributed by atoms with Gasteiger partial charge in [-0.25, -0.2) is 9.78 Å². The number of rotatable bonds is 5. The fourth-order valence-electron chi connectivity index (χ4n) is 1.51. The third-order valence-electron chi connectivity index (χ3n) is 2.45. The molecule has 0 bridgehead atoms. The zero-order valence-corrected chi connectivity index (χ0v) is 13.3. The van der Waals surface area contributed by atoms with Gasteiger partial charge < -0.3 is 10.4 Å². The molecule has 110 valence electrons. The van der Waals surface area contributed by atoms with Crippen molar-refractivity contribution in [2.24, 2.45) is 0 Å². The molecule has 1 amide bonds. The number of carboxylic acids is 1. The van der Waals surface area contributed by atoms with Gasteiger partial charge >= 0.3 is 5.97 Å². The number of carbonyl (C=O) groups excluding carboxylic acids is 1. The van der Waals surface area contributed by atoms with Crippen molar-refractivity contribution in [1.82, 2.24) is 4.98 Å². The molecule has 2 aromatic rings. The van der Waals surface area contributed by atoms with Crippen LogP contribution in [0.2, 0.25) is 5.02 Å². The molecule has 2 N–H and O–H groups in total. The molecule has 5 nitrogen and oxygen atoms in total. The van der Waals surface area contributed by atoms with Crippen LogP contribution >= 0.6 is 34.7 Å². The summed E-state index contributed by atoms with van der Waals surface area (Å²) in [6.45, 7) is 1.63. The van der Waals surface area contributed by atoms with E-state index in [1.165, 1.54) is 11.8 Å². The minimum atomic E-state index is -1.00. The van der Waals surface area contributed by atoms with Gasteiger partial charge in [-0.05, 0) is 19.1 Å². The highest BCUT2D eigenvalue weighted by Crippen LogP contribution is 2.27. The Morgan fingerprint density at radius 3 is 2.76 bits per heavy atom. The number of aryl methyl sites for hydroxylation is 1. The number of aromatic carboxylic acids is 1. The van der Waals surface area contributed by atoms with Gasteiger partial charge in [0.15, 0.2) is 4.34 Å². The molecule has 1 heterocycles. The number of carbonyl (C=O) groups is 2. The number of nitrogens with zero attached hydrogens (tertiary/aromatic N) is 1. The van der Waals surface area contributed by atoms with Gasteiger partial charge in [0, 0.05) is 0 Å². The lowest BCUT2D eigenvalue weighted by Crippen LogP contribution is -2.14. The number of thioether (sulfide) groups is 1. The van der Waals surface area contributed by atoms with Gasteiger partial charge in [-0.15, -0.1) is 11.3 Å². The van der Waals surface area contributed by atoms with Crippen molar-refractivity contribution in [3.8, 4) is 0 Å². The molecule has 0 spiro atoms. The Hall–Kier alpha value is -1.57. The Labute approximate surface area is 134 Å². The summed E-state index contributed by atoms with van der Waals surface area (Å²) < 4.78 is 0.555. The number of hydrogen-bond acceptors (Lipinski definition) is 5. The summed E-state index contributed by atoms with van der Waals surface area (Å²) in [5.74, 6) is -1.09. The molecule has 0 atom stereocenters. The second-order valence-electron chi connectivity index (χ2n) is 4.02. The number of hydrogen-bond donors (Lipinski definition) is 2. The molecule has 0 aliphatic rings. The topological polar surface area (TPSA) is 79.3 Å². The summed E-state index contributed by atoms with van der Waals surface area (Å²) in [5, 5.41) is 12.1. The van der Waals surface area contributed by atoms with Crippen LogP contribution in [0.1, 0.15) is 15.4 Å². The van der Waals surface area contributed by atoms with Crippen LogP contribution in [-0.2, 0) is 4.79 Å². The van der Waals surface area contributed by atoms with E-state index in [0.29, 0.717) is 20.7 Å². The van der Waals surface area contributed by atoms with Gasteiger partial charge in [0.2, 0.25) is 5.91 Å². The van der Waals surface area contributed by atoms with Crippen molar-refractivity contribution < 1.29 is 14.7 Å². The van der Waals surface area contributed by atoms with Crippen LogP contribution in [0.3, 0.4) is 0 Å². The van der Waals surface area contributed by atoms with Crippen LogP contribution in [0.4, 0.5) is 5.69 Å². The number of anilines is 1. The van der Waals surface area contributed by atoms with Gasteiger partial charge in [-0.1, -0.05) is 35.5 Å². The van der Waals surface area contributed by atoms with E-state index in [1.807, 2.05) is 0 Å². The second kappa shape index (κ2) is 6.93. The van der Waals surface area contributed by atoms with E-state index in [4.69, 9.17) is 16.7 Å². The van der Waals surface area contributed by atoms with Crippen LogP contribution in [0.5, 0.6) is 0 Å². The molecule has 0 aliphatic carbocycles. The first kappa shape index (κ1) is 15.8. The third-order valence-corrected chi connectivity index (χ3v) is 5.06. The summed E-state index contributed by atoms with van der Waals surface area (Å²) >= 11 is 8.21. The lowest BCUT2D eigenvalue weighted by atomic mass is 10.3. The molecular weight excluding hydrogens is 332 g/mol. The van der Waals surface area contributed by atoms with Crippen LogP contribution in [0.15, 0.2) is 28.6 Å². The quantitative estimate of drug-likeness (QED) is 0.812. The minimum absolute atomic E-state index is 0.136. The summed E-state index contributed by atoms with van der Waals surface area (Å²) in [7, 11) is 0. The number of amides is 1. The molecule has 1 aromatic carbocycles. The number of thiazole rings is 1. The number of nitrogens with one attached hydrogen (secondary N) is 1. The first-order valence-electron chi connectivity index (χ1n) is 5.85. The maximum absolute atomic E-state index is 11.8. The van der Waals surface area contributed by atoms with Crippen molar-refractivity contribution in [2.45, 2.75) is 11.3 Å². The molecule has 21 heavy (non-hydrogen) atoms. The number of halogens is 1. The minimum Gasteiger partial charge on any atom is -0.477 e. The monoisotopic (exact) mass is 342 g/mol. The SMILES string of the molecule is Cc1nc(SCC(=O)Nc2ccccc2Cl)sc1C(=O)O. The molecule has 0 saturated carbocycles. The first-order valence-corrected chi connectivity index (χ1v) is 8.03. The lowest BCUT2D eigenvalue weighted by Gasteiger charge is -2.05. The summed E-state index contributed by atoms with van der Waals surface area (Å²) in [5.41, 5.74) is 1.01. The average Bonchev–Trinajstić information content (AvgIpc) is 2.80. The van der Waals surface area contributed by atoms with E-state index in [9.17, 15) is 9.59 Å². The first-order chi connectivity index (χ1) is 9.97. The fraction of sp³-hybridized carbons (Fsp3) is 0.154. The molecule has 0 saturated heterocycles. The molecular formula is C13H11ClN2O3S2. The van der Waals surface area contributed by atoms with Gasteiger partial charge in [-0.3, -0.25) is 4.79 Å². The van der Waals surface area contributed by atoms with E-state index in [1.54, 1.807) is 31.2 Å². The predicted molar refractivity (Wildman–Crippen MR) is 84.6 cm³/mol. The Morgan fingerprint density at radius 2 is 2.14 bits per heavy atom. The lowest BCUT2D eigenvalue weighted by molar-refractivity contribution is -0.113. The largest absolute Gasteiger partial charge is 0.477 e. The van der Waals surface area contributed by atoms with Crippen molar-refractivity contribution >= 4 is 52.3 Å². The molecule has 0 radical (unpaired) electrons. The Kier molecular flexibility index (Phi) is 5.22. The van der Waals surface area contributed by atoms with Crippen molar-refractivity contribution in [1.29, 1.82) is 0 Å². The van der Waals surface area contributed by atoms with E-state index < -0.39 is 5.97 Å². The highest BCUT2D eigenvalue weighted by Gasteiger charge is 2.15. The fourth-order valence-corrected chi connectivity index (χ4v) is 3.52. The molecule has 0 aliphatic heterocycles. The number of aromatic nitrogens is 1. The highest BCUT2D eigenvalue weighted by molar-refractivity contribution is 8.01. The van der Waals surface area contributed by atoms with Crippen molar-refractivity contribution in [2.75, 3.05) is 11.1 Å². The Bertz CT molecular complexity index is 688. The van der Waals surface area contributed by atoms with E-state index in [-0.39, 0.29) is 16.5 Å². The Balaban J connectivity index is 1.94. The molecule has 0 fully saturated rings. The zero-order valence-electron chi connectivity index (χ0n) is 10.9. The smallest absolute Gasteiger partial charge is 0.347 e. The molecule has 0 unspecified atom stereocenters. The summed E-state index contributed by atoms with van der Waals surface area (Å²) in [4.78, 5) is 27.1. The number of para-hydroxylation sites is 1. The molecule has 1 aromatic heterocycles. The molecule has 8 heteroatoms. The van der Waals surface area contributed by atoms with Crippen LogP contribution in [-0.4, -0.2) is 27.7 Å². The van der Waals surface area contributed by atoms with Crippen LogP contribution in [0.25, 0.3) is 0 Å². The normalized spacial score (nSPS) is 10.4. The van der Waals surface area contributed by atoms with Crippen molar-refractivity contribution in [3.05, 3.63) is 39.9 Å². The average molecular weight is 343 g/mol. The third kappa shape index (κ3) is 4.20. The van der Waals surface area contributed by atoms with Gasteiger partial charge in [0.1, 0.15) is 4.88 Å². The standard InChI is InChI=1S/C13H11ClN2O3S2/c1-7-11(12(18)19)21-13(15-7)20-6-10(17)16-9-5-3-2-4-8(9)14/h2-5H,6H2,1H3,(H,16,17)(H,18,19). The summed E-state index contributed by atoms with van der Waals surface area (Å²) in [6.07, 6.45) is 0. The number of benzene rings is 1.